The molecule has 1 aromatic heterocycles. The number of rotatable bonds is 2. The molecule has 0 aromatic carbocycles. The second-order valence-corrected chi connectivity index (χ2v) is 8.78. The Morgan fingerprint density at radius 3 is 2.70 bits per heavy atom. The average molecular weight is 334 g/mol. The van der Waals surface area contributed by atoms with Crippen LogP contribution < -0.4 is 5.32 Å². The third kappa shape index (κ3) is 2.73. The minimum atomic E-state index is -0.135. The smallest absolute Gasteiger partial charge is 0.261 e. The molecule has 5 heteroatoms. The Kier molecular flexibility index (Phi) is 3.78. The third-order valence-electron chi connectivity index (χ3n) is 5.86. The molecule has 1 aliphatic carbocycles. The van der Waals surface area contributed by atoms with Gasteiger partial charge in [-0.25, -0.2) is 0 Å². The van der Waals surface area contributed by atoms with E-state index in [2.05, 4.69) is 30.3 Å². The number of likely N-dealkylation sites (tertiary alicyclic amines) is 1. The van der Waals surface area contributed by atoms with Gasteiger partial charge >= 0.3 is 0 Å². The number of nitrogens with zero attached hydrogens (tertiary/aromatic N) is 1. The number of hydrogen-bond donors (Lipinski definition) is 1. The molecular weight excluding hydrogens is 308 g/mol. The fraction of sp³-hybridized carbons (Fsp3) is 0.722. The van der Waals surface area contributed by atoms with Gasteiger partial charge in [0.1, 0.15) is 5.60 Å². The number of ether oxygens (including phenoxy) is 1. The summed E-state index contributed by atoms with van der Waals surface area (Å²) in [4.78, 5) is 17.2. The number of carbonyl (C=O) groups is 1. The van der Waals surface area contributed by atoms with Crippen LogP contribution in [-0.4, -0.2) is 43.1 Å². The summed E-state index contributed by atoms with van der Waals surface area (Å²) in [6, 6.07) is 2.12. The van der Waals surface area contributed by atoms with Crippen molar-refractivity contribution in [3.8, 4) is 0 Å². The lowest BCUT2D eigenvalue weighted by atomic mass is 9.78. The molecule has 2 aliphatic heterocycles. The molecule has 4 nitrogen and oxygen atoms in total. The summed E-state index contributed by atoms with van der Waals surface area (Å²) >= 11 is 1.67. The maximum absolute atomic E-state index is 12.6. The van der Waals surface area contributed by atoms with Gasteiger partial charge in [-0.2, -0.15) is 0 Å². The Morgan fingerprint density at radius 1 is 1.30 bits per heavy atom. The van der Waals surface area contributed by atoms with Crippen LogP contribution in [-0.2, 0) is 16.8 Å². The summed E-state index contributed by atoms with van der Waals surface area (Å²) in [7, 11) is 2.17. The van der Waals surface area contributed by atoms with E-state index in [1.165, 1.54) is 16.9 Å². The van der Waals surface area contributed by atoms with E-state index in [0.29, 0.717) is 0 Å². The van der Waals surface area contributed by atoms with Gasteiger partial charge in [0.05, 0.1) is 11.5 Å². The molecule has 4 rings (SSSR count). The number of carbonyl (C=O) groups excluding carboxylic acids is 1. The van der Waals surface area contributed by atoms with Crippen LogP contribution in [0.15, 0.2) is 6.07 Å². The van der Waals surface area contributed by atoms with E-state index in [9.17, 15) is 4.79 Å². The Morgan fingerprint density at radius 2 is 2.04 bits per heavy atom. The predicted molar refractivity (Wildman–Crippen MR) is 92.1 cm³/mol. The molecule has 3 aliphatic rings. The highest BCUT2D eigenvalue weighted by molar-refractivity contribution is 7.14. The summed E-state index contributed by atoms with van der Waals surface area (Å²) < 4.78 is 6.26. The number of fused-ring (bicyclic) bond motifs is 2. The van der Waals surface area contributed by atoms with E-state index >= 15 is 0 Å². The van der Waals surface area contributed by atoms with Crippen molar-refractivity contribution in [1.82, 2.24) is 10.2 Å². The molecule has 1 N–H and O–H groups in total. The zero-order valence-electron chi connectivity index (χ0n) is 14.1. The average Bonchev–Trinajstić information content (AvgIpc) is 2.95. The minimum Gasteiger partial charge on any atom is -0.369 e. The van der Waals surface area contributed by atoms with E-state index < -0.39 is 0 Å². The molecule has 0 unspecified atom stereocenters. The summed E-state index contributed by atoms with van der Waals surface area (Å²) in [5.41, 5.74) is 1.22. The molecule has 1 saturated carbocycles. The third-order valence-corrected chi connectivity index (χ3v) is 7.22. The van der Waals surface area contributed by atoms with Crippen LogP contribution in [0.5, 0.6) is 0 Å². The minimum absolute atomic E-state index is 0.0172. The molecule has 1 amide bonds. The topological polar surface area (TPSA) is 41.6 Å². The van der Waals surface area contributed by atoms with Gasteiger partial charge in [0.15, 0.2) is 0 Å². The Bertz CT molecular complexity index is 613. The molecular formula is C18H26N2O2S. The number of nitrogens with one attached hydrogen (secondary N) is 1. The number of piperidine rings is 1. The summed E-state index contributed by atoms with van der Waals surface area (Å²) in [5.74, 6) is 0.106. The molecule has 1 saturated heterocycles. The molecule has 1 aromatic rings. The lowest BCUT2D eigenvalue weighted by Crippen LogP contribution is -2.50. The highest BCUT2D eigenvalue weighted by Crippen LogP contribution is 2.45. The quantitative estimate of drug-likeness (QED) is 0.904. The highest BCUT2D eigenvalue weighted by atomic mass is 32.1. The van der Waals surface area contributed by atoms with Crippen molar-refractivity contribution >= 4 is 17.2 Å². The molecule has 23 heavy (non-hydrogen) atoms. The Balaban J connectivity index is 1.58. The zero-order valence-corrected chi connectivity index (χ0v) is 14.9. The first kappa shape index (κ1) is 15.6. The zero-order chi connectivity index (χ0) is 16.1. The maximum atomic E-state index is 12.6. The van der Waals surface area contributed by atoms with Crippen molar-refractivity contribution in [3.63, 3.8) is 0 Å². The Hall–Kier alpha value is -0.910. The van der Waals surface area contributed by atoms with Crippen LogP contribution in [0.4, 0.5) is 0 Å². The second-order valence-electron chi connectivity index (χ2n) is 7.73. The van der Waals surface area contributed by atoms with Gasteiger partial charge < -0.3 is 15.0 Å². The number of hydrogen-bond acceptors (Lipinski definition) is 4. The standard InChI is InChI=1S/C18H26N2O2S/c1-17(5-3-6-17)19-16(21)14-12-13-4-11-22-18(15(13)23-14)7-9-20(2)10-8-18/h12H,3-11H2,1-2H3,(H,19,21). The normalized spacial score (nSPS) is 25.7. The van der Waals surface area contributed by atoms with Crippen molar-refractivity contribution < 1.29 is 9.53 Å². The van der Waals surface area contributed by atoms with Crippen molar-refractivity contribution in [1.29, 1.82) is 0 Å². The SMILES string of the molecule is CN1CCC2(CC1)OCCc1cc(C(=O)NC3(C)CCC3)sc12. The fourth-order valence-electron chi connectivity index (χ4n) is 4.05. The van der Waals surface area contributed by atoms with Crippen LogP contribution in [0.2, 0.25) is 0 Å². The molecule has 0 radical (unpaired) electrons. The van der Waals surface area contributed by atoms with Crippen LogP contribution in [0, 0.1) is 0 Å². The van der Waals surface area contributed by atoms with Gasteiger partial charge in [0, 0.05) is 23.5 Å². The first-order valence-electron chi connectivity index (χ1n) is 8.78. The van der Waals surface area contributed by atoms with Gasteiger partial charge in [-0.3, -0.25) is 4.79 Å². The van der Waals surface area contributed by atoms with Gasteiger partial charge in [0.2, 0.25) is 0 Å². The van der Waals surface area contributed by atoms with Gasteiger partial charge in [0.25, 0.3) is 5.91 Å². The summed E-state index contributed by atoms with van der Waals surface area (Å²) in [5, 5.41) is 3.24. The van der Waals surface area contributed by atoms with E-state index in [1.54, 1.807) is 11.3 Å². The fourth-order valence-corrected chi connectivity index (χ4v) is 5.36. The molecule has 0 bridgehead atoms. The van der Waals surface area contributed by atoms with Crippen LogP contribution in [0.3, 0.4) is 0 Å². The number of thiophene rings is 1. The van der Waals surface area contributed by atoms with E-state index in [0.717, 1.165) is 56.7 Å². The molecule has 0 atom stereocenters. The first-order chi connectivity index (χ1) is 11.0. The van der Waals surface area contributed by atoms with Crippen LogP contribution >= 0.6 is 11.3 Å². The van der Waals surface area contributed by atoms with Crippen molar-refractivity contribution in [2.75, 3.05) is 26.7 Å². The van der Waals surface area contributed by atoms with E-state index in [1.807, 2.05) is 0 Å². The maximum Gasteiger partial charge on any atom is 0.261 e. The number of amides is 1. The molecule has 126 valence electrons. The Labute approximate surface area is 142 Å². The van der Waals surface area contributed by atoms with Gasteiger partial charge in [-0.1, -0.05) is 0 Å². The van der Waals surface area contributed by atoms with Crippen molar-refractivity contribution in [3.05, 3.63) is 21.4 Å². The molecule has 1 spiro atoms. The second kappa shape index (κ2) is 5.57. The lowest BCUT2D eigenvalue weighted by Gasteiger charge is -2.42. The monoisotopic (exact) mass is 334 g/mol. The predicted octanol–water partition coefficient (Wildman–Crippen LogP) is 2.91. The summed E-state index contributed by atoms with van der Waals surface area (Å²) in [6.07, 6.45) is 6.44. The van der Waals surface area contributed by atoms with Crippen LogP contribution in [0.25, 0.3) is 0 Å². The van der Waals surface area contributed by atoms with E-state index in [4.69, 9.17) is 4.74 Å². The first-order valence-corrected chi connectivity index (χ1v) is 9.60. The van der Waals surface area contributed by atoms with E-state index in [-0.39, 0.29) is 17.0 Å². The molecule has 3 heterocycles. The van der Waals surface area contributed by atoms with Crippen LogP contribution in [0.1, 0.15) is 59.1 Å². The van der Waals surface area contributed by atoms with Gasteiger partial charge in [-0.15, -0.1) is 11.3 Å². The largest absolute Gasteiger partial charge is 0.369 e. The highest BCUT2D eigenvalue weighted by Gasteiger charge is 2.42. The van der Waals surface area contributed by atoms with Crippen molar-refractivity contribution in [2.45, 2.75) is 56.6 Å². The van der Waals surface area contributed by atoms with Crippen molar-refractivity contribution in [2.24, 2.45) is 0 Å². The summed E-state index contributed by atoms with van der Waals surface area (Å²) in [6.45, 7) is 5.07. The molecule has 2 fully saturated rings. The van der Waals surface area contributed by atoms with Gasteiger partial charge in [-0.05, 0) is 64.1 Å². The lowest BCUT2D eigenvalue weighted by molar-refractivity contribution is -0.0921.